The van der Waals surface area contributed by atoms with E-state index in [2.05, 4.69) is 5.10 Å². The van der Waals surface area contributed by atoms with Crippen LogP contribution in [0.3, 0.4) is 0 Å². The van der Waals surface area contributed by atoms with Crippen molar-refractivity contribution < 1.29 is 17.9 Å². The zero-order chi connectivity index (χ0) is 23.1. The molecule has 164 valence electrons. The Hall–Kier alpha value is -2.84. The van der Waals surface area contributed by atoms with Crippen molar-refractivity contribution in [3.05, 3.63) is 69.1 Å². The molecule has 0 amide bonds. The van der Waals surface area contributed by atoms with Gasteiger partial charge in [-0.25, -0.2) is 13.1 Å². The monoisotopic (exact) mass is 462 g/mol. The number of aromatic amines is 1. The van der Waals surface area contributed by atoms with E-state index in [4.69, 9.17) is 16.3 Å². The number of nitrogens with one attached hydrogen (secondary N) is 1. The molecular formula is C22H23ClN2O5S. The highest BCUT2D eigenvalue weighted by Gasteiger charge is 2.27. The number of methoxy groups -OCH3 is 1. The molecule has 31 heavy (non-hydrogen) atoms. The zero-order valence-electron chi connectivity index (χ0n) is 17.8. The first-order valence-corrected chi connectivity index (χ1v) is 11.7. The first-order chi connectivity index (χ1) is 14.4. The summed E-state index contributed by atoms with van der Waals surface area (Å²) < 4.78 is 31.3. The van der Waals surface area contributed by atoms with E-state index in [1.807, 2.05) is 20.8 Å². The highest BCUT2D eigenvalue weighted by molar-refractivity contribution is 7.90. The number of ether oxygens (including phenoxy) is 1. The number of carbonyl (C=O) groups excluding carboxylic acids is 1. The number of hydrogen-bond donors (Lipinski definition) is 1. The molecule has 0 saturated heterocycles. The minimum atomic E-state index is -3.65. The molecule has 0 bridgehead atoms. The van der Waals surface area contributed by atoms with Gasteiger partial charge in [0.25, 0.3) is 5.56 Å². The fourth-order valence-electron chi connectivity index (χ4n) is 3.25. The lowest BCUT2D eigenvalue weighted by molar-refractivity contribution is 0.103. The van der Waals surface area contributed by atoms with Crippen molar-refractivity contribution in [3.8, 4) is 16.9 Å². The second-order valence-electron chi connectivity index (χ2n) is 8.13. The Kier molecular flexibility index (Phi) is 5.90. The van der Waals surface area contributed by atoms with E-state index in [0.29, 0.717) is 11.3 Å². The fraction of sp³-hybridized carbons (Fsp3) is 0.273. The van der Waals surface area contributed by atoms with Gasteiger partial charge >= 0.3 is 0 Å². The second kappa shape index (κ2) is 8.01. The van der Waals surface area contributed by atoms with Gasteiger partial charge in [-0.2, -0.15) is 0 Å². The molecule has 7 nitrogen and oxygen atoms in total. The van der Waals surface area contributed by atoms with Gasteiger partial charge in [0.05, 0.1) is 22.6 Å². The summed E-state index contributed by atoms with van der Waals surface area (Å²) in [6, 6.07) is 9.32. The molecular weight excluding hydrogens is 440 g/mol. The third-order valence-electron chi connectivity index (χ3n) is 4.81. The number of sulfone groups is 1. The van der Waals surface area contributed by atoms with Crippen LogP contribution in [-0.2, 0) is 15.4 Å². The molecule has 2 aromatic carbocycles. The van der Waals surface area contributed by atoms with Crippen molar-refractivity contribution in [2.75, 3.05) is 13.4 Å². The Morgan fingerprint density at radius 1 is 1.06 bits per heavy atom. The van der Waals surface area contributed by atoms with Crippen molar-refractivity contribution in [3.63, 3.8) is 0 Å². The van der Waals surface area contributed by atoms with Crippen LogP contribution in [0.5, 0.6) is 5.75 Å². The third-order valence-corrected chi connectivity index (χ3v) is 6.35. The lowest BCUT2D eigenvalue weighted by Crippen LogP contribution is -2.34. The van der Waals surface area contributed by atoms with Crippen molar-refractivity contribution in [2.24, 2.45) is 0 Å². The van der Waals surface area contributed by atoms with E-state index >= 15 is 0 Å². The summed E-state index contributed by atoms with van der Waals surface area (Å²) in [4.78, 5) is 25.9. The van der Waals surface area contributed by atoms with Gasteiger partial charge in [0.2, 0.25) is 5.78 Å². The summed E-state index contributed by atoms with van der Waals surface area (Å²) in [5, 5.41) is 2.77. The second-order valence-corrected chi connectivity index (χ2v) is 10.5. The number of H-pyrrole nitrogens is 1. The van der Waals surface area contributed by atoms with Crippen LogP contribution >= 0.6 is 11.6 Å². The quantitative estimate of drug-likeness (QED) is 0.580. The smallest absolute Gasteiger partial charge is 0.278 e. The summed E-state index contributed by atoms with van der Waals surface area (Å²) in [7, 11) is -2.13. The molecule has 1 heterocycles. The minimum absolute atomic E-state index is 0.0135. The first kappa shape index (κ1) is 22.8. The van der Waals surface area contributed by atoms with Crippen LogP contribution in [0.4, 0.5) is 0 Å². The van der Waals surface area contributed by atoms with Crippen LogP contribution in [-0.4, -0.2) is 37.3 Å². The average molecular weight is 463 g/mol. The molecule has 0 fully saturated rings. The number of ketones is 1. The molecule has 3 aromatic rings. The van der Waals surface area contributed by atoms with Gasteiger partial charge in [-0.3, -0.25) is 9.59 Å². The van der Waals surface area contributed by atoms with E-state index in [0.717, 1.165) is 6.26 Å². The van der Waals surface area contributed by atoms with Crippen LogP contribution < -0.4 is 10.3 Å². The maximum absolute atomic E-state index is 13.2. The van der Waals surface area contributed by atoms with E-state index in [-0.39, 0.29) is 26.6 Å². The molecule has 1 aromatic heterocycles. The lowest BCUT2D eigenvalue weighted by atomic mass is 9.98. The number of benzene rings is 2. The molecule has 0 unspecified atom stereocenters. The Morgan fingerprint density at radius 2 is 1.68 bits per heavy atom. The molecule has 0 aliphatic rings. The van der Waals surface area contributed by atoms with E-state index in [9.17, 15) is 18.0 Å². The van der Waals surface area contributed by atoms with Crippen molar-refractivity contribution >= 4 is 27.2 Å². The van der Waals surface area contributed by atoms with Gasteiger partial charge in [-0.1, -0.05) is 23.7 Å². The lowest BCUT2D eigenvalue weighted by Gasteiger charge is -2.18. The fourth-order valence-corrected chi connectivity index (χ4v) is 4.57. The standard InChI is InChI=1S/C22H23ClN2O5S/c1-22(2,3)25-21(27)16(12-24-25)20(26)15-10-11-17(31(5,28)29)18(19(15)23)13-6-8-14(30-4)9-7-13/h6-12,24H,1-5H3. The average Bonchev–Trinajstić information content (AvgIpc) is 3.08. The van der Waals surface area contributed by atoms with Crippen molar-refractivity contribution in [1.82, 2.24) is 9.78 Å². The SMILES string of the molecule is COc1ccc(-c2c(S(C)(=O)=O)ccc(C(=O)c3c[nH]n(C(C)(C)C)c3=O)c2Cl)cc1. The number of nitrogens with zero attached hydrogens (tertiary/aromatic N) is 1. The van der Waals surface area contributed by atoms with Crippen molar-refractivity contribution in [2.45, 2.75) is 31.2 Å². The van der Waals surface area contributed by atoms with E-state index in [1.165, 1.54) is 30.1 Å². The number of aromatic nitrogens is 2. The van der Waals surface area contributed by atoms with E-state index in [1.54, 1.807) is 24.3 Å². The van der Waals surface area contributed by atoms with Crippen LogP contribution in [0.2, 0.25) is 5.02 Å². The molecule has 9 heteroatoms. The van der Waals surface area contributed by atoms with Gasteiger partial charge in [0, 0.05) is 23.6 Å². The zero-order valence-corrected chi connectivity index (χ0v) is 19.4. The number of hydrogen-bond acceptors (Lipinski definition) is 5. The Balaban J connectivity index is 2.23. The number of halogens is 1. The number of rotatable bonds is 5. The molecule has 3 rings (SSSR count). The Bertz CT molecular complexity index is 1310. The molecule has 0 aliphatic carbocycles. The topological polar surface area (TPSA) is 98.2 Å². The van der Waals surface area contributed by atoms with Crippen LogP contribution in [0.1, 0.15) is 36.7 Å². The largest absolute Gasteiger partial charge is 0.497 e. The first-order valence-electron chi connectivity index (χ1n) is 9.39. The summed E-state index contributed by atoms with van der Waals surface area (Å²) in [5.41, 5.74) is -0.367. The normalized spacial score (nSPS) is 12.1. The van der Waals surface area contributed by atoms with Gasteiger partial charge in [-0.15, -0.1) is 0 Å². The highest BCUT2D eigenvalue weighted by atomic mass is 35.5. The molecule has 0 atom stereocenters. The summed E-state index contributed by atoms with van der Waals surface area (Å²) in [6.07, 6.45) is 2.41. The molecule has 0 aliphatic heterocycles. The predicted octanol–water partition coefficient (Wildman–Crippen LogP) is 3.89. The van der Waals surface area contributed by atoms with Gasteiger partial charge in [0.1, 0.15) is 11.3 Å². The molecule has 0 radical (unpaired) electrons. The highest BCUT2D eigenvalue weighted by Crippen LogP contribution is 2.38. The maximum atomic E-state index is 13.2. The van der Waals surface area contributed by atoms with Crippen molar-refractivity contribution in [1.29, 1.82) is 0 Å². The maximum Gasteiger partial charge on any atom is 0.278 e. The molecule has 0 spiro atoms. The molecule has 1 N–H and O–H groups in total. The van der Waals surface area contributed by atoms with Crippen LogP contribution in [0, 0.1) is 0 Å². The van der Waals surface area contributed by atoms with Crippen LogP contribution in [0.15, 0.2) is 52.3 Å². The summed E-state index contributed by atoms with van der Waals surface area (Å²) in [5.74, 6) is -0.00729. The Labute approximate surface area is 185 Å². The predicted molar refractivity (Wildman–Crippen MR) is 120 cm³/mol. The summed E-state index contributed by atoms with van der Waals surface area (Å²) in [6.45, 7) is 5.48. The van der Waals surface area contributed by atoms with Gasteiger partial charge in [-0.05, 0) is 50.6 Å². The van der Waals surface area contributed by atoms with Gasteiger partial charge in [0.15, 0.2) is 9.84 Å². The number of carbonyl (C=O) groups is 1. The molecule has 0 saturated carbocycles. The minimum Gasteiger partial charge on any atom is -0.497 e. The van der Waals surface area contributed by atoms with Gasteiger partial charge < -0.3 is 9.84 Å². The Morgan fingerprint density at radius 3 is 2.16 bits per heavy atom. The summed E-state index contributed by atoms with van der Waals surface area (Å²) >= 11 is 6.59. The third kappa shape index (κ3) is 4.31. The van der Waals surface area contributed by atoms with E-state index < -0.39 is 26.7 Å². The van der Waals surface area contributed by atoms with Crippen LogP contribution in [0.25, 0.3) is 11.1 Å².